The molecule has 2 rings (SSSR count). The van der Waals surface area contributed by atoms with E-state index in [1.807, 2.05) is 32.9 Å². The summed E-state index contributed by atoms with van der Waals surface area (Å²) in [7, 11) is 0. The Morgan fingerprint density at radius 3 is 2.54 bits per heavy atom. The summed E-state index contributed by atoms with van der Waals surface area (Å²) in [6.07, 6.45) is 3.10. The minimum Gasteiger partial charge on any atom is -0.390 e. The monoisotopic (exact) mass is 402 g/mol. The van der Waals surface area contributed by atoms with E-state index in [1.165, 1.54) is 18.0 Å². The summed E-state index contributed by atoms with van der Waals surface area (Å²) in [5, 5.41) is 15.6. The van der Waals surface area contributed by atoms with Crippen LogP contribution in [0.25, 0.3) is 0 Å². The van der Waals surface area contributed by atoms with Crippen molar-refractivity contribution < 1.29 is 14.7 Å². The molecule has 0 fully saturated rings. The Kier molecular flexibility index (Phi) is 7.83. The number of anilines is 1. The van der Waals surface area contributed by atoms with Crippen molar-refractivity contribution in [3.8, 4) is 0 Å². The molecule has 150 valence electrons. The van der Waals surface area contributed by atoms with Crippen molar-refractivity contribution in [3.63, 3.8) is 0 Å². The molecule has 0 unspecified atom stereocenters. The molecule has 0 spiro atoms. The Morgan fingerprint density at radius 1 is 1.25 bits per heavy atom. The highest BCUT2D eigenvalue weighted by atomic mass is 32.2. The molecule has 3 N–H and O–H groups in total. The normalized spacial score (nSPS) is 10.6. The molecular weight excluding hydrogens is 376 g/mol. The zero-order valence-corrected chi connectivity index (χ0v) is 17.2. The summed E-state index contributed by atoms with van der Waals surface area (Å²) in [6.45, 7) is 9.65. The van der Waals surface area contributed by atoms with Crippen LogP contribution in [0.5, 0.6) is 0 Å². The van der Waals surface area contributed by atoms with Gasteiger partial charge < -0.3 is 20.3 Å². The fourth-order valence-corrected chi connectivity index (χ4v) is 3.67. The number of thioether (sulfide) groups is 1. The number of hydrogen-bond donors (Lipinski definition) is 3. The number of amides is 2. The number of imidazole rings is 1. The standard InChI is InChI=1S/C20H26N4O3S/c1-5-6-21-17(26)10-24-16(11-25)9-22-20(24)28-12-18(27)23-19-14(3)7-13(2)8-15(19)4/h5,7-9,25H,1,6,10-12H2,2-4H3,(H,21,26)(H,23,27). The van der Waals surface area contributed by atoms with Crippen LogP contribution in [-0.2, 0) is 22.7 Å². The summed E-state index contributed by atoms with van der Waals surface area (Å²) in [4.78, 5) is 28.6. The summed E-state index contributed by atoms with van der Waals surface area (Å²) >= 11 is 1.22. The second kappa shape index (κ2) is 10.1. The number of aliphatic hydroxyl groups excluding tert-OH is 1. The van der Waals surface area contributed by atoms with Gasteiger partial charge in [-0.15, -0.1) is 6.58 Å². The molecule has 0 radical (unpaired) electrons. The Bertz CT molecular complexity index is 853. The van der Waals surface area contributed by atoms with Gasteiger partial charge in [0, 0.05) is 12.2 Å². The van der Waals surface area contributed by atoms with E-state index < -0.39 is 0 Å². The lowest BCUT2D eigenvalue weighted by atomic mass is 10.1. The fraction of sp³-hybridized carbons (Fsp3) is 0.350. The zero-order chi connectivity index (χ0) is 20.7. The third-order valence-electron chi connectivity index (χ3n) is 4.08. The van der Waals surface area contributed by atoms with E-state index in [2.05, 4.69) is 22.2 Å². The Hall–Kier alpha value is -2.58. The summed E-state index contributed by atoms with van der Waals surface area (Å²) in [6, 6.07) is 4.05. The quantitative estimate of drug-likeness (QED) is 0.442. The van der Waals surface area contributed by atoms with Crippen LogP contribution < -0.4 is 10.6 Å². The molecule has 2 aromatic rings. The smallest absolute Gasteiger partial charge is 0.240 e. The first-order valence-electron chi connectivity index (χ1n) is 8.89. The maximum atomic E-state index is 12.4. The number of carbonyl (C=O) groups is 2. The second-order valence-electron chi connectivity index (χ2n) is 6.48. The average Bonchev–Trinajstić information content (AvgIpc) is 3.02. The van der Waals surface area contributed by atoms with Gasteiger partial charge in [0.2, 0.25) is 11.8 Å². The molecule has 0 aliphatic rings. The third kappa shape index (κ3) is 5.71. The van der Waals surface area contributed by atoms with Gasteiger partial charge in [-0.1, -0.05) is 35.5 Å². The Morgan fingerprint density at radius 2 is 1.93 bits per heavy atom. The van der Waals surface area contributed by atoms with Crippen molar-refractivity contribution >= 4 is 29.3 Å². The minimum atomic E-state index is -0.240. The van der Waals surface area contributed by atoms with E-state index in [9.17, 15) is 14.7 Å². The summed E-state index contributed by atoms with van der Waals surface area (Å²) < 4.78 is 1.61. The number of hydrogen-bond acceptors (Lipinski definition) is 5. The highest BCUT2D eigenvalue weighted by molar-refractivity contribution is 7.99. The van der Waals surface area contributed by atoms with Gasteiger partial charge in [0.25, 0.3) is 0 Å². The fourth-order valence-electron chi connectivity index (χ4n) is 2.87. The maximum absolute atomic E-state index is 12.4. The van der Waals surface area contributed by atoms with Gasteiger partial charge in [-0.2, -0.15) is 0 Å². The van der Waals surface area contributed by atoms with Crippen molar-refractivity contribution in [2.75, 3.05) is 17.6 Å². The first-order valence-corrected chi connectivity index (χ1v) is 9.87. The highest BCUT2D eigenvalue weighted by Gasteiger charge is 2.15. The number of carbonyl (C=O) groups excluding carboxylic acids is 2. The van der Waals surface area contributed by atoms with Crippen LogP contribution in [-0.4, -0.2) is 38.8 Å². The van der Waals surface area contributed by atoms with Crippen molar-refractivity contribution in [1.82, 2.24) is 14.9 Å². The number of nitrogens with one attached hydrogen (secondary N) is 2. The largest absolute Gasteiger partial charge is 0.390 e. The van der Waals surface area contributed by atoms with E-state index >= 15 is 0 Å². The van der Waals surface area contributed by atoms with Gasteiger partial charge in [-0.25, -0.2) is 4.98 Å². The van der Waals surface area contributed by atoms with Gasteiger partial charge in [0.15, 0.2) is 5.16 Å². The van der Waals surface area contributed by atoms with Crippen LogP contribution >= 0.6 is 11.8 Å². The van der Waals surface area contributed by atoms with E-state index in [0.717, 1.165) is 22.4 Å². The molecule has 28 heavy (non-hydrogen) atoms. The van der Waals surface area contributed by atoms with Crippen molar-refractivity contribution in [2.24, 2.45) is 0 Å². The molecule has 1 aromatic carbocycles. The first-order chi connectivity index (χ1) is 13.3. The number of aliphatic hydroxyl groups is 1. The Balaban J connectivity index is 2.04. The van der Waals surface area contributed by atoms with E-state index in [-0.39, 0.29) is 30.7 Å². The van der Waals surface area contributed by atoms with Gasteiger partial charge in [-0.05, 0) is 31.9 Å². The van der Waals surface area contributed by atoms with Gasteiger partial charge >= 0.3 is 0 Å². The third-order valence-corrected chi connectivity index (χ3v) is 5.07. The van der Waals surface area contributed by atoms with Crippen molar-refractivity contribution in [2.45, 2.75) is 39.1 Å². The topological polar surface area (TPSA) is 96.2 Å². The lowest BCUT2D eigenvalue weighted by molar-refractivity contribution is -0.121. The number of rotatable bonds is 9. The molecule has 0 aliphatic heterocycles. The van der Waals surface area contributed by atoms with Crippen LogP contribution in [0.1, 0.15) is 22.4 Å². The molecule has 0 atom stereocenters. The van der Waals surface area contributed by atoms with E-state index in [1.54, 1.807) is 10.6 Å². The summed E-state index contributed by atoms with van der Waals surface area (Å²) in [5.74, 6) is -0.232. The van der Waals surface area contributed by atoms with Gasteiger partial charge in [0.1, 0.15) is 6.54 Å². The first kappa shape index (κ1) is 21.7. The molecule has 8 heteroatoms. The predicted octanol–water partition coefficient (Wildman–Crippen LogP) is 2.33. The Labute approximate surface area is 169 Å². The number of aromatic nitrogens is 2. The molecular formula is C20H26N4O3S. The second-order valence-corrected chi connectivity index (χ2v) is 7.42. The molecule has 1 aromatic heterocycles. The van der Waals surface area contributed by atoms with E-state index in [0.29, 0.717) is 17.4 Å². The molecule has 0 bridgehead atoms. The molecule has 0 saturated heterocycles. The van der Waals surface area contributed by atoms with Gasteiger partial charge in [0.05, 0.1) is 24.3 Å². The molecule has 0 saturated carbocycles. The average molecular weight is 403 g/mol. The maximum Gasteiger partial charge on any atom is 0.240 e. The number of aryl methyl sites for hydroxylation is 3. The summed E-state index contributed by atoms with van der Waals surface area (Å²) in [5.41, 5.74) is 4.51. The van der Waals surface area contributed by atoms with E-state index in [4.69, 9.17) is 0 Å². The van der Waals surface area contributed by atoms with Crippen LogP contribution in [0.15, 0.2) is 36.1 Å². The number of nitrogens with zero attached hydrogens (tertiary/aromatic N) is 2. The molecule has 7 nitrogen and oxygen atoms in total. The van der Waals surface area contributed by atoms with Crippen LogP contribution in [0.3, 0.4) is 0 Å². The molecule has 0 aliphatic carbocycles. The van der Waals surface area contributed by atoms with Crippen LogP contribution in [0, 0.1) is 20.8 Å². The highest BCUT2D eigenvalue weighted by Crippen LogP contribution is 2.23. The molecule has 1 heterocycles. The molecule has 2 amide bonds. The minimum absolute atomic E-state index is 0.0177. The van der Waals surface area contributed by atoms with Crippen molar-refractivity contribution in [1.29, 1.82) is 0 Å². The number of benzene rings is 1. The van der Waals surface area contributed by atoms with Crippen LogP contribution in [0.2, 0.25) is 0 Å². The van der Waals surface area contributed by atoms with Gasteiger partial charge in [-0.3, -0.25) is 9.59 Å². The SMILES string of the molecule is C=CCNC(=O)Cn1c(CO)cnc1SCC(=O)Nc1c(C)cc(C)cc1C. The van der Waals surface area contributed by atoms with Crippen LogP contribution in [0.4, 0.5) is 5.69 Å². The lowest BCUT2D eigenvalue weighted by Gasteiger charge is -2.13. The zero-order valence-electron chi connectivity index (χ0n) is 16.4. The predicted molar refractivity (Wildman–Crippen MR) is 111 cm³/mol. The lowest BCUT2D eigenvalue weighted by Crippen LogP contribution is -2.28. The van der Waals surface area contributed by atoms with Crippen molar-refractivity contribution in [3.05, 3.63) is 53.4 Å².